The van der Waals surface area contributed by atoms with Crippen molar-refractivity contribution < 1.29 is 0 Å². The number of nitrogens with zero attached hydrogens (tertiary/aromatic N) is 4. The van der Waals surface area contributed by atoms with E-state index in [0.29, 0.717) is 0 Å². The van der Waals surface area contributed by atoms with Crippen molar-refractivity contribution in [1.29, 1.82) is 0 Å². The molecule has 0 aliphatic carbocycles. The summed E-state index contributed by atoms with van der Waals surface area (Å²) in [5.74, 6) is 0. The van der Waals surface area contributed by atoms with Crippen molar-refractivity contribution in [2.75, 3.05) is 5.32 Å². The predicted molar refractivity (Wildman–Crippen MR) is 69.3 cm³/mol. The van der Waals surface area contributed by atoms with Crippen LogP contribution in [0.15, 0.2) is 6.20 Å². The van der Waals surface area contributed by atoms with Gasteiger partial charge in [-0.3, -0.25) is 4.68 Å². The van der Waals surface area contributed by atoms with Gasteiger partial charge in [-0.2, -0.15) is 5.10 Å². The summed E-state index contributed by atoms with van der Waals surface area (Å²) in [7, 11) is 0. The van der Waals surface area contributed by atoms with Crippen LogP contribution < -0.4 is 5.32 Å². The smallest absolute Gasteiger partial charge is 0.130 e. The van der Waals surface area contributed by atoms with Gasteiger partial charge < -0.3 is 5.32 Å². The summed E-state index contributed by atoms with van der Waals surface area (Å²) in [6, 6.07) is 0.220. The molecule has 1 unspecified atom stereocenters. The van der Waals surface area contributed by atoms with Gasteiger partial charge in [0, 0.05) is 29.3 Å². The Balaban J connectivity index is 2.24. The summed E-state index contributed by atoms with van der Waals surface area (Å²) in [5.41, 5.74) is 3.57. The lowest BCUT2D eigenvalue weighted by Crippen LogP contribution is -2.08. The van der Waals surface area contributed by atoms with Crippen LogP contribution >= 0.6 is 11.5 Å². The first kappa shape index (κ1) is 12.0. The third kappa shape index (κ3) is 2.31. The lowest BCUT2D eigenvalue weighted by molar-refractivity contribution is 0.632. The number of nitrogens with one attached hydrogen (secondary N) is 1. The normalized spacial score (nSPS) is 12.7. The van der Waals surface area contributed by atoms with Crippen LogP contribution in [0.1, 0.15) is 36.8 Å². The molecule has 0 spiro atoms. The van der Waals surface area contributed by atoms with Gasteiger partial charge in [0.25, 0.3) is 0 Å². The minimum Gasteiger partial charge on any atom is -0.368 e. The Morgan fingerprint density at radius 3 is 2.76 bits per heavy atom. The van der Waals surface area contributed by atoms with E-state index in [1.807, 2.05) is 4.68 Å². The Bertz CT molecular complexity index is 488. The lowest BCUT2D eigenvalue weighted by atomic mass is 10.1. The molecule has 0 radical (unpaired) electrons. The molecule has 1 atom stereocenters. The first-order chi connectivity index (χ1) is 8.13. The van der Waals surface area contributed by atoms with Crippen LogP contribution in [0.3, 0.4) is 0 Å². The van der Waals surface area contributed by atoms with Crippen molar-refractivity contribution in [3.05, 3.63) is 23.1 Å². The molecule has 6 heteroatoms. The van der Waals surface area contributed by atoms with Gasteiger partial charge in [-0.1, -0.05) is 4.49 Å². The fraction of sp³-hybridized carbons (Fsp3) is 0.545. The minimum atomic E-state index is 0.220. The number of anilines is 1. The monoisotopic (exact) mass is 251 g/mol. The molecule has 2 rings (SSSR count). The zero-order valence-corrected chi connectivity index (χ0v) is 11.4. The van der Waals surface area contributed by atoms with Crippen LogP contribution in [0.4, 0.5) is 5.00 Å². The molecule has 2 aromatic heterocycles. The van der Waals surface area contributed by atoms with E-state index in [4.69, 9.17) is 0 Å². The van der Waals surface area contributed by atoms with Crippen molar-refractivity contribution in [3.8, 4) is 0 Å². The van der Waals surface area contributed by atoms with Crippen LogP contribution in [0, 0.1) is 13.8 Å². The number of hydrogen-bond donors (Lipinski definition) is 1. The van der Waals surface area contributed by atoms with E-state index in [1.54, 1.807) is 6.20 Å². The fourth-order valence-corrected chi connectivity index (χ4v) is 2.67. The van der Waals surface area contributed by atoms with Crippen LogP contribution in [0.25, 0.3) is 0 Å². The molecule has 2 heterocycles. The highest BCUT2D eigenvalue weighted by molar-refractivity contribution is 7.09. The molecule has 0 aliphatic rings. The van der Waals surface area contributed by atoms with Crippen LogP contribution in [0.2, 0.25) is 0 Å². The molecular weight excluding hydrogens is 234 g/mol. The number of hydrogen-bond acceptors (Lipinski definition) is 5. The summed E-state index contributed by atoms with van der Waals surface area (Å²) >= 11 is 1.37. The number of rotatable bonds is 4. The molecule has 0 aromatic carbocycles. The molecule has 0 saturated carbocycles. The van der Waals surface area contributed by atoms with E-state index in [1.165, 1.54) is 22.8 Å². The average Bonchev–Trinajstić information content (AvgIpc) is 2.87. The lowest BCUT2D eigenvalue weighted by Gasteiger charge is -2.13. The average molecular weight is 251 g/mol. The number of aryl methyl sites for hydroxylation is 2. The minimum absolute atomic E-state index is 0.220. The van der Waals surface area contributed by atoms with Crippen molar-refractivity contribution in [1.82, 2.24) is 19.4 Å². The third-order valence-electron chi connectivity index (χ3n) is 2.89. The molecule has 92 valence electrons. The van der Waals surface area contributed by atoms with Gasteiger partial charge in [0.2, 0.25) is 0 Å². The van der Waals surface area contributed by atoms with E-state index in [-0.39, 0.29) is 6.04 Å². The van der Waals surface area contributed by atoms with E-state index in [9.17, 15) is 0 Å². The van der Waals surface area contributed by atoms with E-state index < -0.39 is 0 Å². The highest BCUT2D eigenvalue weighted by Gasteiger charge is 2.17. The second-order valence-electron chi connectivity index (χ2n) is 4.05. The van der Waals surface area contributed by atoms with Gasteiger partial charge >= 0.3 is 0 Å². The van der Waals surface area contributed by atoms with Gasteiger partial charge in [0.1, 0.15) is 5.00 Å². The van der Waals surface area contributed by atoms with E-state index in [0.717, 1.165) is 17.2 Å². The molecule has 0 amide bonds. The fourth-order valence-electron chi connectivity index (χ4n) is 2.16. The van der Waals surface area contributed by atoms with Crippen molar-refractivity contribution in [3.63, 3.8) is 0 Å². The van der Waals surface area contributed by atoms with E-state index in [2.05, 4.69) is 47.7 Å². The Kier molecular flexibility index (Phi) is 3.42. The Hall–Kier alpha value is -1.43. The van der Waals surface area contributed by atoms with Gasteiger partial charge in [-0.25, -0.2) is 0 Å². The SMILES string of the molecule is CCn1nc(C)c(C(C)Nc2cnns2)c1C. The summed E-state index contributed by atoms with van der Waals surface area (Å²) < 4.78 is 5.88. The highest BCUT2D eigenvalue weighted by Crippen LogP contribution is 2.25. The van der Waals surface area contributed by atoms with Crippen LogP contribution in [-0.4, -0.2) is 19.4 Å². The summed E-state index contributed by atoms with van der Waals surface area (Å²) in [4.78, 5) is 0. The summed E-state index contributed by atoms with van der Waals surface area (Å²) in [5, 5.41) is 12.7. The third-order valence-corrected chi connectivity index (χ3v) is 3.49. The zero-order valence-electron chi connectivity index (χ0n) is 10.6. The molecule has 17 heavy (non-hydrogen) atoms. The van der Waals surface area contributed by atoms with Gasteiger partial charge in [-0.05, 0) is 27.7 Å². The summed E-state index contributed by atoms with van der Waals surface area (Å²) in [6.45, 7) is 9.31. The van der Waals surface area contributed by atoms with Crippen molar-refractivity contribution in [2.45, 2.75) is 40.3 Å². The quantitative estimate of drug-likeness (QED) is 0.907. The van der Waals surface area contributed by atoms with E-state index >= 15 is 0 Å². The molecule has 2 aromatic rings. The maximum Gasteiger partial charge on any atom is 0.130 e. The second kappa shape index (κ2) is 4.83. The Labute approximate surface area is 105 Å². The van der Waals surface area contributed by atoms with Gasteiger partial charge in [0.15, 0.2) is 0 Å². The van der Waals surface area contributed by atoms with Crippen LogP contribution in [-0.2, 0) is 6.54 Å². The van der Waals surface area contributed by atoms with Crippen molar-refractivity contribution >= 4 is 16.5 Å². The van der Waals surface area contributed by atoms with Gasteiger partial charge in [0.05, 0.1) is 17.9 Å². The first-order valence-corrected chi connectivity index (χ1v) is 6.48. The molecule has 0 fully saturated rings. The number of aromatic nitrogens is 4. The molecule has 0 bridgehead atoms. The molecular formula is C11H17N5S. The Morgan fingerprint density at radius 2 is 2.24 bits per heavy atom. The zero-order chi connectivity index (χ0) is 12.4. The highest BCUT2D eigenvalue weighted by atomic mass is 32.1. The maximum atomic E-state index is 4.53. The predicted octanol–water partition coefficient (Wildman–Crippen LogP) is 2.54. The molecule has 5 nitrogen and oxygen atoms in total. The largest absolute Gasteiger partial charge is 0.368 e. The molecule has 0 aliphatic heterocycles. The summed E-state index contributed by atoms with van der Waals surface area (Å²) in [6.07, 6.45) is 1.75. The first-order valence-electron chi connectivity index (χ1n) is 5.71. The Morgan fingerprint density at radius 1 is 1.47 bits per heavy atom. The molecule has 1 N–H and O–H groups in total. The standard InChI is InChI=1S/C11H17N5S/c1-5-16-9(4)11(8(3)14-16)7(2)13-10-6-12-15-17-10/h6-7,13H,5H2,1-4H3. The van der Waals surface area contributed by atoms with Crippen LogP contribution in [0.5, 0.6) is 0 Å². The van der Waals surface area contributed by atoms with Crippen molar-refractivity contribution in [2.24, 2.45) is 0 Å². The maximum absolute atomic E-state index is 4.53. The topological polar surface area (TPSA) is 55.6 Å². The second-order valence-corrected chi connectivity index (χ2v) is 4.83. The van der Waals surface area contributed by atoms with Gasteiger partial charge in [-0.15, -0.1) is 5.10 Å². The molecule has 0 saturated heterocycles.